The molecule has 0 aliphatic carbocycles. The van der Waals surface area contributed by atoms with Crippen LogP contribution in [0.3, 0.4) is 0 Å². The van der Waals surface area contributed by atoms with Crippen molar-refractivity contribution in [3.63, 3.8) is 0 Å². The van der Waals surface area contributed by atoms with E-state index in [9.17, 15) is 4.39 Å². The van der Waals surface area contributed by atoms with Gasteiger partial charge in [0.25, 0.3) is 0 Å². The third-order valence-corrected chi connectivity index (χ3v) is 2.36. The Hall–Kier alpha value is -0.480. The van der Waals surface area contributed by atoms with Crippen molar-refractivity contribution in [3.05, 3.63) is 16.6 Å². The second-order valence-electron chi connectivity index (χ2n) is 2.40. The summed E-state index contributed by atoms with van der Waals surface area (Å²) >= 11 is 1.39. The first kappa shape index (κ1) is 8.62. The van der Waals surface area contributed by atoms with Crippen LogP contribution in [0.25, 0.3) is 0 Å². The molecule has 0 aliphatic heterocycles. The molecule has 1 rings (SSSR count). The standard InChI is InChI=1S/C7H11FN2S/c1-2-7(8,4-9)6-3-11-5-10-6/h3,5H,2,4,9H2,1H3. The van der Waals surface area contributed by atoms with Gasteiger partial charge < -0.3 is 5.73 Å². The molecule has 0 aliphatic rings. The van der Waals surface area contributed by atoms with Gasteiger partial charge in [-0.1, -0.05) is 6.92 Å². The van der Waals surface area contributed by atoms with E-state index in [2.05, 4.69) is 4.98 Å². The van der Waals surface area contributed by atoms with Gasteiger partial charge in [-0.05, 0) is 6.42 Å². The van der Waals surface area contributed by atoms with E-state index in [1.54, 1.807) is 17.8 Å². The highest BCUT2D eigenvalue weighted by Gasteiger charge is 2.29. The van der Waals surface area contributed by atoms with E-state index in [1.807, 2.05) is 0 Å². The van der Waals surface area contributed by atoms with Crippen LogP contribution in [0.15, 0.2) is 10.9 Å². The van der Waals surface area contributed by atoms with Crippen molar-refractivity contribution in [1.82, 2.24) is 4.98 Å². The molecule has 2 N–H and O–H groups in total. The third kappa shape index (κ3) is 1.57. The van der Waals surface area contributed by atoms with Gasteiger partial charge in [0.1, 0.15) is 0 Å². The average Bonchev–Trinajstić information content (AvgIpc) is 2.55. The molecule has 11 heavy (non-hydrogen) atoms. The fourth-order valence-corrected chi connectivity index (χ4v) is 1.50. The maximum atomic E-state index is 13.6. The van der Waals surface area contributed by atoms with Crippen LogP contribution in [0.4, 0.5) is 4.39 Å². The summed E-state index contributed by atoms with van der Waals surface area (Å²) in [6.07, 6.45) is 0.382. The summed E-state index contributed by atoms with van der Waals surface area (Å²) in [4.78, 5) is 3.89. The molecular formula is C7H11FN2S. The number of hydrogen-bond acceptors (Lipinski definition) is 3. The zero-order chi connectivity index (χ0) is 8.32. The zero-order valence-corrected chi connectivity index (χ0v) is 7.20. The molecule has 0 saturated carbocycles. The number of aromatic nitrogens is 1. The van der Waals surface area contributed by atoms with Gasteiger partial charge in [-0.15, -0.1) is 11.3 Å². The average molecular weight is 174 g/mol. The highest BCUT2D eigenvalue weighted by molar-refractivity contribution is 7.07. The largest absolute Gasteiger partial charge is 0.327 e. The van der Waals surface area contributed by atoms with E-state index >= 15 is 0 Å². The maximum absolute atomic E-state index is 13.6. The Morgan fingerprint density at radius 2 is 2.55 bits per heavy atom. The van der Waals surface area contributed by atoms with Crippen molar-refractivity contribution >= 4 is 11.3 Å². The molecule has 1 unspecified atom stereocenters. The van der Waals surface area contributed by atoms with Crippen molar-refractivity contribution in [3.8, 4) is 0 Å². The van der Waals surface area contributed by atoms with Gasteiger partial charge in [-0.2, -0.15) is 0 Å². The molecule has 0 aromatic carbocycles. The van der Waals surface area contributed by atoms with Crippen LogP contribution in [0.1, 0.15) is 19.0 Å². The summed E-state index contributed by atoms with van der Waals surface area (Å²) in [5.41, 5.74) is 5.97. The first-order chi connectivity index (χ1) is 5.23. The lowest BCUT2D eigenvalue weighted by atomic mass is 10.0. The number of thiazole rings is 1. The normalized spacial score (nSPS) is 16.3. The number of nitrogens with two attached hydrogens (primary N) is 1. The predicted molar refractivity (Wildman–Crippen MR) is 44.2 cm³/mol. The minimum Gasteiger partial charge on any atom is -0.327 e. The summed E-state index contributed by atoms with van der Waals surface area (Å²) in [6.45, 7) is 1.78. The Kier molecular flexibility index (Phi) is 2.57. The number of halogens is 1. The molecule has 1 aromatic rings. The van der Waals surface area contributed by atoms with E-state index < -0.39 is 5.67 Å². The van der Waals surface area contributed by atoms with Gasteiger partial charge in [0.05, 0.1) is 11.2 Å². The van der Waals surface area contributed by atoms with Crippen molar-refractivity contribution in [2.45, 2.75) is 19.0 Å². The lowest BCUT2D eigenvalue weighted by Gasteiger charge is -2.18. The Morgan fingerprint density at radius 1 is 1.82 bits per heavy atom. The Balaban J connectivity index is 2.87. The van der Waals surface area contributed by atoms with Crippen LogP contribution in [-0.2, 0) is 5.67 Å². The number of rotatable bonds is 3. The van der Waals surface area contributed by atoms with E-state index in [0.29, 0.717) is 12.1 Å². The highest BCUT2D eigenvalue weighted by Crippen LogP contribution is 2.27. The molecule has 0 fully saturated rings. The van der Waals surface area contributed by atoms with Gasteiger partial charge in [0.15, 0.2) is 5.67 Å². The maximum Gasteiger partial charge on any atom is 0.165 e. The minimum atomic E-state index is -1.42. The van der Waals surface area contributed by atoms with E-state index in [4.69, 9.17) is 5.73 Å². The first-order valence-corrected chi connectivity index (χ1v) is 4.45. The third-order valence-electron chi connectivity index (χ3n) is 1.78. The van der Waals surface area contributed by atoms with Gasteiger partial charge in [-0.3, -0.25) is 0 Å². The van der Waals surface area contributed by atoms with Crippen LogP contribution >= 0.6 is 11.3 Å². The van der Waals surface area contributed by atoms with Crippen LogP contribution < -0.4 is 5.73 Å². The second kappa shape index (κ2) is 3.28. The fourth-order valence-electron chi connectivity index (χ4n) is 0.864. The molecule has 1 heterocycles. The summed E-state index contributed by atoms with van der Waals surface area (Å²) in [7, 11) is 0. The molecule has 0 radical (unpaired) electrons. The van der Waals surface area contributed by atoms with E-state index in [-0.39, 0.29) is 6.54 Å². The van der Waals surface area contributed by atoms with Crippen LogP contribution in [-0.4, -0.2) is 11.5 Å². The fraction of sp³-hybridized carbons (Fsp3) is 0.571. The van der Waals surface area contributed by atoms with Crippen molar-refractivity contribution < 1.29 is 4.39 Å². The summed E-state index contributed by atoms with van der Waals surface area (Å²) in [5, 5.41) is 1.70. The molecule has 1 aromatic heterocycles. The molecule has 1 atom stereocenters. The van der Waals surface area contributed by atoms with Crippen molar-refractivity contribution in [1.29, 1.82) is 0 Å². The summed E-state index contributed by atoms with van der Waals surface area (Å²) in [6, 6.07) is 0. The van der Waals surface area contributed by atoms with Crippen LogP contribution in [0.5, 0.6) is 0 Å². The van der Waals surface area contributed by atoms with E-state index in [1.165, 1.54) is 11.3 Å². The highest BCUT2D eigenvalue weighted by atomic mass is 32.1. The Bertz CT molecular complexity index is 206. The first-order valence-electron chi connectivity index (χ1n) is 3.50. The summed E-state index contributed by atoms with van der Waals surface area (Å²) in [5.74, 6) is 0. The molecule has 0 saturated heterocycles. The molecular weight excluding hydrogens is 163 g/mol. The van der Waals surface area contributed by atoms with Gasteiger partial charge in [0, 0.05) is 11.9 Å². The van der Waals surface area contributed by atoms with Crippen molar-refractivity contribution in [2.24, 2.45) is 5.73 Å². The topological polar surface area (TPSA) is 38.9 Å². The zero-order valence-electron chi connectivity index (χ0n) is 6.38. The number of alkyl halides is 1. The molecule has 0 spiro atoms. The quantitative estimate of drug-likeness (QED) is 0.757. The van der Waals surface area contributed by atoms with Crippen LogP contribution in [0.2, 0.25) is 0 Å². The second-order valence-corrected chi connectivity index (χ2v) is 3.12. The molecule has 62 valence electrons. The van der Waals surface area contributed by atoms with Gasteiger partial charge in [0.2, 0.25) is 0 Å². The van der Waals surface area contributed by atoms with E-state index in [0.717, 1.165) is 0 Å². The number of nitrogens with zero attached hydrogens (tertiary/aromatic N) is 1. The van der Waals surface area contributed by atoms with Gasteiger partial charge >= 0.3 is 0 Å². The minimum absolute atomic E-state index is 0.00718. The number of hydrogen-bond donors (Lipinski definition) is 1. The lowest BCUT2D eigenvalue weighted by Crippen LogP contribution is -2.29. The monoisotopic (exact) mass is 174 g/mol. The Morgan fingerprint density at radius 3 is 2.91 bits per heavy atom. The smallest absolute Gasteiger partial charge is 0.165 e. The van der Waals surface area contributed by atoms with Crippen LogP contribution in [0, 0.1) is 0 Å². The molecule has 4 heteroatoms. The predicted octanol–water partition coefficient (Wildman–Crippen LogP) is 1.68. The lowest BCUT2D eigenvalue weighted by molar-refractivity contribution is 0.163. The molecule has 0 amide bonds. The van der Waals surface area contributed by atoms with Gasteiger partial charge in [-0.25, -0.2) is 9.37 Å². The summed E-state index contributed by atoms with van der Waals surface area (Å²) < 4.78 is 13.6. The molecule has 2 nitrogen and oxygen atoms in total. The van der Waals surface area contributed by atoms with Crippen molar-refractivity contribution in [2.75, 3.05) is 6.54 Å². The SMILES string of the molecule is CCC(F)(CN)c1cscn1. The Labute approximate surface area is 69.3 Å². The molecule has 0 bridgehead atoms.